The fourth-order valence-corrected chi connectivity index (χ4v) is 3.22. The summed E-state index contributed by atoms with van der Waals surface area (Å²) in [4.78, 5) is 27.7. The predicted octanol–water partition coefficient (Wildman–Crippen LogP) is 2.44. The highest BCUT2D eigenvalue weighted by atomic mass is 32.1. The molecule has 6 nitrogen and oxygen atoms in total. The Labute approximate surface area is 136 Å². The van der Waals surface area contributed by atoms with E-state index in [1.54, 1.807) is 6.08 Å². The lowest BCUT2D eigenvalue weighted by Gasteiger charge is -2.03. The van der Waals surface area contributed by atoms with Crippen LogP contribution in [0.3, 0.4) is 0 Å². The number of aliphatic imine (C=N–C) groups is 1. The second-order valence-corrected chi connectivity index (χ2v) is 5.98. The molecule has 3 rings (SSSR count). The van der Waals surface area contributed by atoms with Crippen molar-refractivity contribution in [1.29, 1.82) is 0 Å². The number of aromatic hydroxyl groups is 1. The molecule has 2 aromatic rings. The lowest BCUT2D eigenvalue weighted by atomic mass is 10.0. The van der Waals surface area contributed by atoms with Gasteiger partial charge in [-0.2, -0.15) is 0 Å². The molecule has 0 radical (unpaired) electrons. The molecule has 0 saturated carbocycles. The van der Waals surface area contributed by atoms with E-state index < -0.39 is 10.8 Å². The van der Waals surface area contributed by atoms with E-state index in [-0.39, 0.29) is 12.4 Å². The number of methoxy groups -OCH3 is 1. The van der Waals surface area contributed by atoms with Gasteiger partial charge < -0.3 is 9.84 Å². The van der Waals surface area contributed by atoms with Gasteiger partial charge in [-0.15, -0.1) is 0 Å². The van der Waals surface area contributed by atoms with Crippen LogP contribution in [0.5, 0.6) is 5.88 Å². The third-order valence-corrected chi connectivity index (χ3v) is 4.47. The van der Waals surface area contributed by atoms with E-state index in [0.717, 1.165) is 38.4 Å². The molecule has 0 unspecified atom stereocenters. The Morgan fingerprint density at radius 2 is 2.17 bits per heavy atom. The molecule has 2 heterocycles. The van der Waals surface area contributed by atoms with Crippen LogP contribution < -0.4 is 4.87 Å². The van der Waals surface area contributed by atoms with Gasteiger partial charge in [0.05, 0.1) is 17.7 Å². The van der Waals surface area contributed by atoms with Crippen LogP contribution in [0.1, 0.15) is 17.4 Å². The fourth-order valence-electron chi connectivity index (χ4n) is 2.39. The van der Waals surface area contributed by atoms with Gasteiger partial charge in [-0.1, -0.05) is 29.5 Å². The van der Waals surface area contributed by atoms with Crippen molar-refractivity contribution in [2.24, 2.45) is 4.99 Å². The molecule has 0 bridgehead atoms. The third kappa shape index (κ3) is 2.70. The molecule has 1 aliphatic rings. The monoisotopic (exact) mass is 330 g/mol. The maximum absolute atomic E-state index is 12.0. The van der Waals surface area contributed by atoms with Crippen molar-refractivity contribution in [3.63, 3.8) is 0 Å². The summed E-state index contributed by atoms with van der Waals surface area (Å²) in [7, 11) is 1.23. The minimum absolute atomic E-state index is 0.241. The Morgan fingerprint density at radius 1 is 1.43 bits per heavy atom. The summed E-state index contributed by atoms with van der Waals surface area (Å²) in [5, 5.41) is 10.2. The summed E-state index contributed by atoms with van der Waals surface area (Å²) >= 11 is 0.875. The normalized spacial score (nSPS) is 14.7. The summed E-state index contributed by atoms with van der Waals surface area (Å²) in [5.41, 5.74) is 3.47. The number of hydrogen-bond donors (Lipinski definition) is 1. The first-order valence-corrected chi connectivity index (χ1v) is 7.69. The maximum Gasteiger partial charge on any atom is 0.325 e. The molecule has 0 saturated heterocycles. The van der Waals surface area contributed by atoms with E-state index in [4.69, 9.17) is 0 Å². The highest BCUT2D eigenvalue weighted by Gasteiger charge is 2.20. The molecule has 0 atom stereocenters. The summed E-state index contributed by atoms with van der Waals surface area (Å²) in [6, 6.07) is 7.66. The van der Waals surface area contributed by atoms with E-state index in [1.165, 1.54) is 7.11 Å². The van der Waals surface area contributed by atoms with Crippen LogP contribution in [0.15, 0.2) is 34.1 Å². The van der Waals surface area contributed by atoms with Crippen LogP contribution in [0, 0.1) is 0 Å². The van der Waals surface area contributed by atoms with E-state index >= 15 is 0 Å². The summed E-state index contributed by atoms with van der Waals surface area (Å²) in [5.74, 6) is -0.835. The van der Waals surface area contributed by atoms with Gasteiger partial charge in [0.1, 0.15) is 6.54 Å². The minimum atomic E-state index is -0.594. The van der Waals surface area contributed by atoms with Crippen molar-refractivity contribution in [1.82, 2.24) is 4.57 Å². The molecule has 1 N–H and O–H groups in total. The Bertz CT molecular complexity index is 905. The number of thiazole rings is 1. The maximum atomic E-state index is 12.0. The van der Waals surface area contributed by atoms with Crippen LogP contribution in [0.2, 0.25) is 0 Å². The van der Waals surface area contributed by atoms with E-state index in [2.05, 4.69) is 9.73 Å². The van der Waals surface area contributed by atoms with Crippen molar-refractivity contribution < 1.29 is 14.6 Å². The van der Waals surface area contributed by atoms with Gasteiger partial charge in [0.15, 0.2) is 0 Å². The Kier molecular flexibility index (Phi) is 3.87. The number of aromatic nitrogens is 1. The minimum Gasteiger partial charge on any atom is -0.493 e. The molecule has 1 aromatic heterocycles. The molecule has 1 aromatic carbocycles. The number of esters is 1. The summed E-state index contributed by atoms with van der Waals surface area (Å²) in [6.45, 7) is 1.56. The standard InChI is InChI=1S/C16H14N2O4S/c1-9-11(10-5-3-4-6-12(10)17-9)7-13-15(20)18(16(21)23-13)8-14(19)22-2/h3-7,20H,8H2,1-2H3. The largest absolute Gasteiger partial charge is 0.493 e. The number of hydrogen-bond acceptors (Lipinski definition) is 6. The predicted molar refractivity (Wildman–Crippen MR) is 89.3 cm³/mol. The average Bonchev–Trinajstić information content (AvgIpc) is 2.99. The SMILES string of the molecule is COC(=O)Cn1c(O)c(C=C2C(C)=Nc3ccccc32)sc1=O. The molecule has 7 heteroatoms. The quantitative estimate of drug-likeness (QED) is 0.877. The molecule has 23 heavy (non-hydrogen) atoms. The zero-order valence-electron chi connectivity index (χ0n) is 12.6. The second kappa shape index (κ2) is 5.85. The Hall–Kier alpha value is -2.67. The lowest BCUT2D eigenvalue weighted by Crippen LogP contribution is -2.19. The first-order valence-electron chi connectivity index (χ1n) is 6.87. The van der Waals surface area contributed by atoms with Gasteiger partial charge in [-0.25, -0.2) is 0 Å². The molecule has 0 amide bonds. The highest BCUT2D eigenvalue weighted by molar-refractivity contribution is 7.10. The van der Waals surface area contributed by atoms with Crippen LogP contribution in [-0.4, -0.2) is 28.5 Å². The van der Waals surface area contributed by atoms with Crippen LogP contribution in [0.4, 0.5) is 5.69 Å². The van der Waals surface area contributed by atoms with E-state index in [0.29, 0.717) is 4.88 Å². The molecule has 0 spiro atoms. The molecule has 0 aliphatic carbocycles. The topological polar surface area (TPSA) is 80.9 Å². The van der Waals surface area contributed by atoms with E-state index in [1.807, 2.05) is 31.2 Å². The number of rotatable bonds is 3. The fraction of sp³-hybridized carbons (Fsp3) is 0.188. The number of ether oxygens (including phenoxy) is 1. The van der Waals surface area contributed by atoms with Gasteiger partial charge in [-0.05, 0) is 19.1 Å². The number of carbonyl (C=O) groups is 1. The highest BCUT2D eigenvalue weighted by Crippen LogP contribution is 2.37. The molecule has 0 fully saturated rings. The second-order valence-electron chi connectivity index (χ2n) is 4.99. The summed E-state index contributed by atoms with van der Waals surface area (Å²) < 4.78 is 5.53. The van der Waals surface area contributed by atoms with Crippen molar-refractivity contribution in [3.05, 3.63) is 44.4 Å². The van der Waals surface area contributed by atoms with Crippen LogP contribution in [-0.2, 0) is 16.1 Å². The van der Waals surface area contributed by atoms with Crippen molar-refractivity contribution in [2.45, 2.75) is 13.5 Å². The van der Waals surface area contributed by atoms with Crippen LogP contribution in [0.25, 0.3) is 11.6 Å². The van der Waals surface area contributed by atoms with Gasteiger partial charge in [-0.3, -0.25) is 19.1 Å². The molecule has 1 aliphatic heterocycles. The van der Waals surface area contributed by atoms with Gasteiger partial charge in [0.25, 0.3) is 0 Å². The van der Waals surface area contributed by atoms with Crippen LogP contribution >= 0.6 is 11.3 Å². The molecular formula is C16H14N2O4S. The smallest absolute Gasteiger partial charge is 0.325 e. The molecular weight excluding hydrogens is 316 g/mol. The first-order chi connectivity index (χ1) is 11.0. The van der Waals surface area contributed by atoms with Crippen molar-refractivity contribution in [3.8, 4) is 5.88 Å². The van der Waals surface area contributed by atoms with Crippen molar-refractivity contribution in [2.75, 3.05) is 7.11 Å². The number of nitrogens with zero attached hydrogens (tertiary/aromatic N) is 2. The van der Waals surface area contributed by atoms with Gasteiger partial charge in [0.2, 0.25) is 5.88 Å². The number of allylic oxidation sites excluding steroid dienone is 1. The van der Waals surface area contributed by atoms with Crippen molar-refractivity contribution >= 4 is 40.4 Å². The number of benzene rings is 1. The zero-order chi connectivity index (χ0) is 16.6. The Balaban J connectivity index is 2.05. The Morgan fingerprint density at radius 3 is 2.91 bits per heavy atom. The lowest BCUT2D eigenvalue weighted by molar-refractivity contribution is -0.141. The van der Waals surface area contributed by atoms with Gasteiger partial charge >= 0.3 is 10.8 Å². The summed E-state index contributed by atoms with van der Waals surface area (Å²) in [6.07, 6.45) is 1.72. The number of para-hydroxylation sites is 1. The van der Waals surface area contributed by atoms with E-state index in [9.17, 15) is 14.7 Å². The number of fused-ring (bicyclic) bond motifs is 1. The zero-order valence-corrected chi connectivity index (χ0v) is 13.4. The third-order valence-electron chi connectivity index (χ3n) is 3.56. The number of carbonyl (C=O) groups excluding carboxylic acids is 1. The van der Waals surface area contributed by atoms with Gasteiger partial charge in [0, 0.05) is 16.8 Å². The average molecular weight is 330 g/mol. The first kappa shape index (κ1) is 15.2. The molecule has 118 valence electrons.